The minimum atomic E-state index is -0.182. The molecule has 0 aromatic carbocycles. The predicted octanol–water partition coefficient (Wildman–Crippen LogP) is 2.86. The number of methoxy groups -OCH3 is 1. The monoisotopic (exact) mass is 295 g/mol. The lowest BCUT2D eigenvalue weighted by atomic mass is 10.2. The normalized spacial score (nSPS) is 10.6. The van der Waals surface area contributed by atoms with Crippen LogP contribution in [0.5, 0.6) is 0 Å². The molecule has 2 aromatic heterocycles. The second kappa shape index (κ2) is 7.43. The van der Waals surface area contributed by atoms with Crippen molar-refractivity contribution in [2.45, 2.75) is 19.4 Å². The summed E-state index contributed by atoms with van der Waals surface area (Å²) in [5.41, 5.74) is 1.38. The number of carbonyl (C=O) groups excluding carboxylic acids is 1. The molecule has 0 amide bonds. The van der Waals surface area contributed by atoms with E-state index in [0.29, 0.717) is 6.42 Å². The summed E-state index contributed by atoms with van der Waals surface area (Å²) in [6.07, 6.45) is 1.43. The lowest BCUT2D eigenvalue weighted by molar-refractivity contribution is -0.139. The van der Waals surface area contributed by atoms with Gasteiger partial charge in [0.15, 0.2) is 0 Å². The Balaban J connectivity index is 1.70. The molecule has 5 heteroatoms. The van der Waals surface area contributed by atoms with Crippen LogP contribution in [0.2, 0.25) is 0 Å². The van der Waals surface area contributed by atoms with Gasteiger partial charge in [0.2, 0.25) is 0 Å². The predicted molar refractivity (Wildman–Crippen MR) is 79.8 cm³/mol. The second-order valence-electron chi connectivity index (χ2n) is 4.18. The molecule has 0 unspecified atom stereocenters. The number of esters is 1. The van der Waals surface area contributed by atoms with E-state index in [-0.39, 0.29) is 5.97 Å². The van der Waals surface area contributed by atoms with E-state index >= 15 is 0 Å². The van der Waals surface area contributed by atoms with Gasteiger partial charge in [-0.15, -0.1) is 11.3 Å². The van der Waals surface area contributed by atoms with Crippen molar-refractivity contribution in [1.29, 1.82) is 0 Å². The average molecular weight is 295 g/mol. The van der Waals surface area contributed by atoms with Crippen molar-refractivity contribution in [3.8, 4) is 0 Å². The number of ether oxygens (including phenoxy) is 1. The van der Waals surface area contributed by atoms with Gasteiger partial charge in [-0.3, -0.25) is 4.79 Å². The standard InChI is InChI=1S/C14H17NO2S2/c1-17-14(16)8-12-2-3-13(19-12)9-15-6-4-11-5-7-18-10-11/h2-3,5,7,10,15H,4,6,8-9H2,1H3. The summed E-state index contributed by atoms with van der Waals surface area (Å²) in [6, 6.07) is 6.23. The van der Waals surface area contributed by atoms with E-state index in [4.69, 9.17) is 0 Å². The molecule has 0 atom stereocenters. The molecule has 0 aliphatic rings. The molecule has 2 aromatic rings. The maximum Gasteiger partial charge on any atom is 0.310 e. The zero-order valence-electron chi connectivity index (χ0n) is 10.8. The topological polar surface area (TPSA) is 38.3 Å². The molecule has 1 N–H and O–H groups in total. The Hall–Kier alpha value is -1.17. The van der Waals surface area contributed by atoms with Gasteiger partial charge >= 0.3 is 5.97 Å². The fourth-order valence-electron chi connectivity index (χ4n) is 1.71. The largest absolute Gasteiger partial charge is 0.469 e. The highest BCUT2D eigenvalue weighted by atomic mass is 32.1. The number of thiophene rings is 2. The van der Waals surface area contributed by atoms with Crippen LogP contribution >= 0.6 is 22.7 Å². The zero-order valence-corrected chi connectivity index (χ0v) is 12.5. The number of carbonyl (C=O) groups is 1. The maximum atomic E-state index is 11.2. The third-order valence-electron chi connectivity index (χ3n) is 2.73. The number of rotatable bonds is 7. The fraction of sp³-hybridized carbons (Fsp3) is 0.357. The highest BCUT2D eigenvalue weighted by Gasteiger charge is 2.05. The van der Waals surface area contributed by atoms with Crippen molar-refractivity contribution < 1.29 is 9.53 Å². The van der Waals surface area contributed by atoms with Crippen molar-refractivity contribution in [2.24, 2.45) is 0 Å². The van der Waals surface area contributed by atoms with Gasteiger partial charge in [0.25, 0.3) is 0 Å². The Kier molecular flexibility index (Phi) is 5.57. The van der Waals surface area contributed by atoms with Gasteiger partial charge < -0.3 is 10.1 Å². The molecular weight excluding hydrogens is 278 g/mol. The van der Waals surface area contributed by atoms with Crippen LogP contribution in [0, 0.1) is 0 Å². The molecule has 0 aliphatic carbocycles. The Morgan fingerprint density at radius 2 is 2.16 bits per heavy atom. The molecule has 0 radical (unpaired) electrons. The van der Waals surface area contributed by atoms with E-state index in [2.05, 4.69) is 32.9 Å². The minimum Gasteiger partial charge on any atom is -0.469 e. The van der Waals surface area contributed by atoms with E-state index in [1.165, 1.54) is 17.6 Å². The highest BCUT2D eigenvalue weighted by molar-refractivity contribution is 7.12. The molecule has 3 nitrogen and oxygen atoms in total. The van der Waals surface area contributed by atoms with Crippen LogP contribution in [0.1, 0.15) is 15.3 Å². The first kappa shape index (κ1) is 14.2. The van der Waals surface area contributed by atoms with E-state index in [0.717, 1.165) is 24.4 Å². The van der Waals surface area contributed by atoms with Crippen molar-refractivity contribution >= 4 is 28.6 Å². The van der Waals surface area contributed by atoms with Gasteiger partial charge in [0.05, 0.1) is 13.5 Å². The first-order valence-corrected chi connectivity index (χ1v) is 7.90. The van der Waals surface area contributed by atoms with Crippen LogP contribution in [0.25, 0.3) is 0 Å². The molecule has 0 saturated carbocycles. The van der Waals surface area contributed by atoms with Gasteiger partial charge in [-0.2, -0.15) is 11.3 Å². The van der Waals surface area contributed by atoms with Crippen LogP contribution < -0.4 is 5.32 Å². The Morgan fingerprint density at radius 1 is 1.32 bits per heavy atom. The summed E-state index contributed by atoms with van der Waals surface area (Å²) >= 11 is 3.40. The fourth-order valence-corrected chi connectivity index (χ4v) is 3.38. The van der Waals surface area contributed by atoms with Gasteiger partial charge in [0, 0.05) is 16.3 Å². The van der Waals surface area contributed by atoms with Gasteiger partial charge in [0.1, 0.15) is 0 Å². The Bertz CT molecular complexity index is 505. The highest BCUT2D eigenvalue weighted by Crippen LogP contribution is 2.17. The molecule has 0 saturated heterocycles. The summed E-state index contributed by atoms with van der Waals surface area (Å²) in [7, 11) is 1.42. The number of nitrogens with one attached hydrogen (secondary N) is 1. The maximum absolute atomic E-state index is 11.2. The molecule has 19 heavy (non-hydrogen) atoms. The van der Waals surface area contributed by atoms with Crippen LogP contribution in [0.15, 0.2) is 29.0 Å². The van der Waals surface area contributed by atoms with E-state index < -0.39 is 0 Å². The van der Waals surface area contributed by atoms with Crippen LogP contribution in [-0.2, 0) is 28.9 Å². The van der Waals surface area contributed by atoms with Crippen molar-refractivity contribution in [3.63, 3.8) is 0 Å². The second-order valence-corrected chi connectivity index (χ2v) is 6.21. The third-order valence-corrected chi connectivity index (χ3v) is 4.55. The van der Waals surface area contributed by atoms with Crippen LogP contribution in [0.4, 0.5) is 0 Å². The van der Waals surface area contributed by atoms with Gasteiger partial charge in [-0.05, 0) is 47.5 Å². The molecule has 0 spiro atoms. The number of hydrogen-bond acceptors (Lipinski definition) is 5. The van der Waals surface area contributed by atoms with Gasteiger partial charge in [-0.25, -0.2) is 0 Å². The smallest absolute Gasteiger partial charge is 0.310 e. The van der Waals surface area contributed by atoms with Crippen LogP contribution in [-0.4, -0.2) is 19.6 Å². The molecule has 0 aliphatic heterocycles. The summed E-state index contributed by atoms with van der Waals surface area (Å²) in [4.78, 5) is 13.5. The Labute approximate surface area is 121 Å². The molecule has 0 fully saturated rings. The molecule has 2 heterocycles. The molecule has 0 bridgehead atoms. The zero-order chi connectivity index (χ0) is 13.5. The first-order chi connectivity index (χ1) is 9.28. The summed E-state index contributed by atoms with van der Waals surface area (Å²) in [5.74, 6) is -0.182. The third kappa shape index (κ3) is 4.78. The van der Waals surface area contributed by atoms with Crippen LogP contribution in [0.3, 0.4) is 0 Å². The Morgan fingerprint density at radius 3 is 2.89 bits per heavy atom. The average Bonchev–Trinajstić information content (AvgIpc) is 3.06. The van der Waals surface area contributed by atoms with E-state index in [9.17, 15) is 4.79 Å². The molecule has 102 valence electrons. The summed E-state index contributed by atoms with van der Waals surface area (Å²) < 4.78 is 4.66. The lowest BCUT2D eigenvalue weighted by Crippen LogP contribution is -2.15. The van der Waals surface area contributed by atoms with Crippen molar-refractivity contribution in [2.75, 3.05) is 13.7 Å². The summed E-state index contributed by atoms with van der Waals surface area (Å²) in [5, 5.41) is 7.71. The van der Waals surface area contributed by atoms with Gasteiger partial charge in [-0.1, -0.05) is 0 Å². The minimum absolute atomic E-state index is 0.182. The molecular formula is C14H17NO2S2. The quantitative estimate of drug-likeness (QED) is 0.630. The molecule has 2 rings (SSSR count). The van der Waals surface area contributed by atoms with E-state index in [1.54, 1.807) is 22.7 Å². The first-order valence-electron chi connectivity index (χ1n) is 6.14. The summed E-state index contributed by atoms with van der Waals surface area (Å²) in [6.45, 7) is 1.83. The van der Waals surface area contributed by atoms with Crippen molar-refractivity contribution in [3.05, 3.63) is 44.3 Å². The number of hydrogen-bond donors (Lipinski definition) is 1. The SMILES string of the molecule is COC(=O)Cc1ccc(CNCCc2ccsc2)s1. The van der Waals surface area contributed by atoms with Crippen molar-refractivity contribution in [1.82, 2.24) is 5.32 Å². The van der Waals surface area contributed by atoms with E-state index in [1.807, 2.05) is 6.07 Å². The lowest BCUT2D eigenvalue weighted by Gasteiger charge is -2.01.